The van der Waals surface area contributed by atoms with Crippen LogP contribution in [0.15, 0.2) is 12.3 Å². The minimum atomic E-state index is -1.26. The van der Waals surface area contributed by atoms with Gasteiger partial charge in [-0.1, -0.05) is 32.4 Å². The second-order valence-electron chi connectivity index (χ2n) is 10.7. The minimum absolute atomic E-state index is 0.118. The van der Waals surface area contributed by atoms with E-state index >= 15 is 0 Å². The topological polar surface area (TPSA) is 115 Å². The number of piperidine rings is 2. The van der Waals surface area contributed by atoms with Crippen LogP contribution in [0.1, 0.15) is 56.8 Å². The van der Waals surface area contributed by atoms with Gasteiger partial charge in [-0.3, -0.25) is 19.8 Å². The first-order chi connectivity index (χ1) is 18.1. The highest BCUT2D eigenvalue weighted by atomic mass is 35.5. The summed E-state index contributed by atoms with van der Waals surface area (Å²) >= 11 is 5.49. The first-order valence-electron chi connectivity index (χ1n) is 13.5. The first kappa shape index (κ1) is 31.9. The van der Waals surface area contributed by atoms with E-state index in [0.717, 1.165) is 32.0 Å². The number of nitrogens with zero attached hydrogens (tertiary/aromatic N) is 4. The summed E-state index contributed by atoms with van der Waals surface area (Å²) in [6, 6.07) is 1.97. The van der Waals surface area contributed by atoms with Gasteiger partial charge in [0.05, 0.1) is 31.0 Å². The highest BCUT2D eigenvalue weighted by molar-refractivity contribution is 6.29. The zero-order valence-corrected chi connectivity index (χ0v) is 24.0. The average Bonchev–Trinajstić information content (AvgIpc) is 2.90. The van der Waals surface area contributed by atoms with Crippen molar-refractivity contribution in [2.45, 2.75) is 52.5 Å². The van der Waals surface area contributed by atoms with Gasteiger partial charge in [-0.05, 0) is 64.3 Å². The van der Waals surface area contributed by atoms with Crippen LogP contribution in [0.3, 0.4) is 0 Å². The fourth-order valence-corrected chi connectivity index (χ4v) is 4.87. The third-order valence-electron chi connectivity index (χ3n) is 6.60. The first-order valence-corrected chi connectivity index (χ1v) is 13.9. The summed E-state index contributed by atoms with van der Waals surface area (Å²) in [6.45, 7) is 14.0. The molecular formula is C27H44ClN5O5. The van der Waals surface area contributed by atoms with E-state index in [4.69, 9.17) is 21.4 Å². The number of likely N-dealkylation sites (tertiary alicyclic amines) is 2. The van der Waals surface area contributed by atoms with Crippen LogP contribution < -0.4 is 5.32 Å². The molecule has 3 aliphatic rings. The van der Waals surface area contributed by atoms with E-state index in [1.165, 1.54) is 51.2 Å². The maximum atomic E-state index is 12.7. The largest absolute Gasteiger partial charge is 0.465 e. The smallest absolute Gasteiger partial charge is 0.409 e. The number of hydrogen-bond donors (Lipinski definition) is 2. The van der Waals surface area contributed by atoms with Crippen molar-refractivity contribution in [1.82, 2.24) is 19.7 Å². The van der Waals surface area contributed by atoms with Gasteiger partial charge in [-0.25, -0.2) is 9.78 Å². The van der Waals surface area contributed by atoms with Crippen LogP contribution in [0.25, 0.3) is 0 Å². The molecule has 0 aromatic carbocycles. The van der Waals surface area contributed by atoms with Gasteiger partial charge in [0.1, 0.15) is 5.15 Å². The van der Waals surface area contributed by atoms with Gasteiger partial charge in [0.2, 0.25) is 5.91 Å². The molecule has 0 bridgehead atoms. The van der Waals surface area contributed by atoms with Gasteiger partial charge >= 0.3 is 6.09 Å². The Kier molecular flexibility index (Phi) is 14.0. The number of aldehydes is 1. The number of carbonyl (C=O) groups excluding carboxylic acids is 2. The number of rotatable bonds is 4. The number of ether oxygens (including phenoxy) is 1. The number of aromatic nitrogens is 1. The molecule has 1 atom stereocenters. The maximum Gasteiger partial charge on any atom is 0.409 e. The molecule has 3 aliphatic heterocycles. The zero-order valence-electron chi connectivity index (χ0n) is 23.2. The van der Waals surface area contributed by atoms with Crippen LogP contribution in [0.2, 0.25) is 5.15 Å². The van der Waals surface area contributed by atoms with Gasteiger partial charge in [-0.15, -0.1) is 0 Å². The molecule has 1 aromatic rings. The number of pyridine rings is 1. The van der Waals surface area contributed by atoms with E-state index in [-0.39, 0.29) is 22.3 Å². The molecule has 0 aliphatic carbocycles. The fourth-order valence-electron chi connectivity index (χ4n) is 4.70. The minimum Gasteiger partial charge on any atom is -0.465 e. The quantitative estimate of drug-likeness (QED) is 0.425. The molecule has 10 nitrogen and oxygen atoms in total. The lowest BCUT2D eigenvalue weighted by Crippen LogP contribution is -2.52. The standard InChI is InChI=1S/C16H29N3O2.C7H5ClN2O3.C4H10/c1-17-7-4-15(5-8-17)19-6-2-3-14(13-19)16(20)18-9-11-21-12-10-18;8-6-1-4(3-11)5(2-9-6)10-7(12)13;1-4(2)3/h14-15H,2-13H2,1H3;1-3,10H,(H,12,13);4H,1-3H3. The molecule has 214 valence electrons. The van der Waals surface area contributed by atoms with Crippen molar-refractivity contribution in [3.63, 3.8) is 0 Å². The van der Waals surface area contributed by atoms with Crippen LogP contribution in [0, 0.1) is 11.8 Å². The lowest BCUT2D eigenvalue weighted by molar-refractivity contribution is -0.141. The highest BCUT2D eigenvalue weighted by Crippen LogP contribution is 2.25. The second-order valence-corrected chi connectivity index (χ2v) is 11.1. The summed E-state index contributed by atoms with van der Waals surface area (Å²) in [5.74, 6) is 1.42. The Morgan fingerprint density at radius 1 is 1.13 bits per heavy atom. The summed E-state index contributed by atoms with van der Waals surface area (Å²) in [6.07, 6.45) is 5.18. The summed E-state index contributed by atoms with van der Waals surface area (Å²) in [7, 11) is 2.21. The number of morpholine rings is 1. The van der Waals surface area contributed by atoms with Crippen LogP contribution in [-0.2, 0) is 9.53 Å². The molecule has 1 aromatic heterocycles. The Morgan fingerprint density at radius 3 is 2.34 bits per heavy atom. The van der Waals surface area contributed by atoms with Crippen molar-refractivity contribution in [3.8, 4) is 0 Å². The second kappa shape index (κ2) is 16.6. The molecular weight excluding hydrogens is 510 g/mol. The van der Waals surface area contributed by atoms with Crippen LogP contribution in [0.5, 0.6) is 0 Å². The van der Waals surface area contributed by atoms with Gasteiger partial charge in [0, 0.05) is 31.2 Å². The lowest BCUT2D eigenvalue weighted by Gasteiger charge is -2.42. The highest BCUT2D eigenvalue weighted by Gasteiger charge is 2.33. The summed E-state index contributed by atoms with van der Waals surface area (Å²) in [4.78, 5) is 44.0. The molecule has 3 fully saturated rings. The van der Waals surface area contributed by atoms with Crippen LogP contribution in [0.4, 0.5) is 10.5 Å². The molecule has 0 saturated carbocycles. The van der Waals surface area contributed by atoms with Gasteiger partial charge in [-0.2, -0.15) is 0 Å². The van der Waals surface area contributed by atoms with Crippen molar-refractivity contribution >= 4 is 35.6 Å². The van der Waals surface area contributed by atoms with E-state index in [9.17, 15) is 14.4 Å². The molecule has 3 saturated heterocycles. The van der Waals surface area contributed by atoms with Crippen molar-refractivity contribution in [2.75, 3.05) is 64.8 Å². The van der Waals surface area contributed by atoms with E-state index < -0.39 is 6.09 Å². The number of anilines is 1. The monoisotopic (exact) mass is 553 g/mol. The van der Waals surface area contributed by atoms with Gasteiger partial charge in [0.15, 0.2) is 6.29 Å². The molecule has 2 N–H and O–H groups in total. The third kappa shape index (κ3) is 11.2. The Labute approximate surface area is 231 Å². The summed E-state index contributed by atoms with van der Waals surface area (Å²) < 4.78 is 5.35. The Balaban J connectivity index is 0.000000255. The van der Waals surface area contributed by atoms with Crippen molar-refractivity contribution in [2.24, 2.45) is 11.8 Å². The van der Waals surface area contributed by atoms with E-state index in [1.54, 1.807) is 0 Å². The number of carbonyl (C=O) groups is 3. The summed E-state index contributed by atoms with van der Waals surface area (Å²) in [5, 5.41) is 10.5. The predicted molar refractivity (Wildman–Crippen MR) is 149 cm³/mol. The Bertz CT molecular complexity index is 886. The predicted octanol–water partition coefficient (Wildman–Crippen LogP) is 3.95. The average molecular weight is 554 g/mol. The SMILES string of the molecule is CC(C)C.CN1CCC(N2CCCC(C(=O)N3CCOCC3)C2)CC1.O=Cc1cc(Cl)ncc1NC(=O)O. The van der Waals surface area contributed by atoms with Crippen molar-refractivity contribution in [1.29, 1.82) is 0 Å². The Morgan fingerprint density at radius 2 is 1.76 bits per heavy atom. The molecule has 0 radical (unpaired) electrons. The molecule has 4 rings (SSSR count). The Hall–Kier alpha value is -2.27. The number of nitrogens with one attached hydrogen (secondary N) is 1. The molecule has 1 unspecified atom stereocenters. The van der Waals surface area contributed by atoms with Crippen LogP contribution >= 0.6 is 11.6 Å². The molecule has 0 spiro atoms. The van der Waals surface area contributed by atoms with Gasteiger partial charge in [0.25, 0.3) is 0 Å². The van der Waals surface area contributed by atoms with Crippen molar-refractivity contribution < 1.29 is 24.2 Å². The number of halogens is 1. The number of carboxylic acid groups (broad SMARTS) is 1. The normalized spacial score (nSPS) is 21.0. The number of amides is 2. The molecule has 11 heteroatoms. The van der Waals surface area contributed by atoms with Crippen LogP contribution in [-0.4, -0.2) is 109 Å². The zero-order chi connectivity index (χ0) is 28.1. The summed E-state index contributed by atoms with van der Waals surface area (Å²) in [5.41, 5.74) is 0.273. The third-order valence-corrected chi connectivity index (χ3v) is 6.81. The maximum absolute atomic E-state index is 12.7. The molecule has 38 heavy (non-hydrogen) atoms. The molecule has 2 amide bonds. The van der Waals surface area contributed by atoms with E-state index in [1.807, 2.05) is 10.2 Å². The fraction of sp³-hybridized carbons (Fsp3) is 0.704. The molecule has 4 heterocycles. The number of hydrogen-bond acceptors (Lipinski definition) is 7. The van der Waals surface area contributed by atoms with Crippen molar-refractivity contribution in [3.05, 3.63) is 23.0 Å². The van der Waals surface area contributed by atoms with Gasteiger partial charge < -0.3 is 19.6 Å². The van der Waals surface area contributed by atoms with E-state index in [2.05, 4.69) is 42.6 Å². The van der Waals surface area contributed by atoms with E-state index in [0.29, 0.717) is 31.4 Å². The lowest BCUT2D eigenvalue weighted by atomic mass is 9.93.